The number of phenolic OH excluding ortho intramolecular Hbond substituents is 1. The molecule has 310 valence electrons. The molecule has 0 saturated carbocycles. The van der Waals surface area contributed by atoms with Crippen molar-refractivity contribution in [2.24, 2.45) is 17.8 Å². The fraction of sp³-hybridized carbons (Fsp3) is 0.500. The molecule has 3 aromatic rings. The molecule has 2 amide bonds. The van der Waals surface area contributed by atoms with Crippen molar-refractivity contribution in [2.75, 3.05) is 35.3 Å². The van der Waals surface area contributed by atoms with Gasteiger partial charge in [0.15, 0.2) is 11.9 Å². The number of ketones is 1. The highest BCUT2D eigenvalue weighted by Crippen LogP contribution is 2.26. The Bertz CT molecular complexity index is 1790. The van der Waals surface area contributed by atoms with Crippen LogP contribution in [0.2, 0.25) is 0 Å². The summed E-state index contributed by atoms with van der Waals surface area (Å²) in [6.45, 7) is 11.4. The third-order valence-corrected chi connectivity index (χ3v) is 11.0. The molecule has 0 aliphatic rings. The van der Waals surface area contributed by atoms with Crippen molar-refractivity contribution < 1.29 is 38.6 Å². The lowest BCUT2D eigenvalue weighted by molar-refractivity contribution is -0.163. The zero-order valence-corrected chi connectivity index (χ0v) is 35.7. The molecule has 0 bridgehead atoms. The fourth-order valence-electron chi connectivity index (χ4n) is 6.79. The zero-order valence-electron chi connectivity index (χ0n) is 35.7. The maximum absolute atomic E-state index is 14.6. The number of carbonyl (C=O) groups is 5. The van der Waals surface area contributed by atoms with Crippen LogP contribution in [0.15, 0.2) is 72.8 Å². The number of rotatable bonds is 20. The smallest absolute Gasteiger partial charge is 0.328 e. The number of phenols is 1. The summed E-state index contributed by atoms with van der Waals surface area (Å²) in [5, 5.41) is 9.95. The van der Waals surface area contributed by atoms with E-state index in [0.717, 1.165) is 22.3 Å². The Morgan fingerprint density at radius 2 is 1.07 bits per heavy atom. The highest BCUT2D eigenvalue weighted by Gasteiger charge is 2.40. The number of carbonyl (C=O) groups excluding carboxylic acids is 5. The quantitative estimate of drug-likeness (QED) is 0.137. The fourth-order valence-corrected chi connectivity index (χ4v) is 6.79. The van der Waals surface area contributed by atoms with Crippen LogP contribution < -0.4 is 0 Å². The zero-order chi connectivity index (χ0) is 42.6. The van der Waals surface area contributed by atoms with Crippen LogP contribution in [0.1, 0.15) is 68.4 Å². The second-order valence-electron chi connectivity index (χ2n) is 15.9. The van der Waals surface area contributed by atoms with Gasteiger partial charge in [-0.15, -0.1) is 0 Å². The molecule has 0 aliphatic carbocycles. The SMILES string of the molecule is CC[C@@H](C)[C@H](OC(=O)[C@H](Cc1ccc(C)cc1)N(C)C)C(=O)C[C@H](C(=O)N(C)[C@H](Cc1ccc(O)cc1)C(=O)N(C)[C@@H](Cc1ccc(C)cc1)C(=O)OC)C(C)C. The van der Waals surface area contributed by atoms with Gasteiger partial charge in [-0.2, -0.15) is 0 Å². The maximum Gasteiger partial charge on any atom is 0.328 e. The number of esters is 2. The van der Waals surface area contributed by atoms with E-state index in [1.807, 2.05) is 90.1 Å². The van der Waals surface area contributed by atoms with Crippen LogP contribution in [0.3, 0.4) is 0 Å². The summed E-state index contributed by atoms with van der Waals surface area (Å²) in [5.74, 6) is -3.85. The predicted molar refractivity (Wildman–Crippen MR) is 221 cm³/mol. The van der Waals surface area contributed by atoms with E-state index < -0.39 is 53.9 Å². The standard InChI is InChI=1S/C46H63N3O8/c1-12-32(6)42(57-46(55)39(47(7)8)26-33-17-13-30(4)14-18-33)41(51)28-37(29(2)3)43(52)48(9)38(25-35-21-23-36(50)24-22-35)44(53)49(10)40(45(54)56-11)27-34-19-15-31(5)16-20-34/h13-24,29,32,37-40,42,50H,12,25-28H2,1-11H3/t32-,37+,38-,39+,40+,42+/m1/s1. The number of aromatic hydroxyl groups is 1. The van der Waals surface area contributed by atoms with Crippen LogP contribution in [0.5, 0.6) is 5.75 Å². The minimum Gasteiger partial charge on any atom is -0.508 e. The van der Waals surface area contributed by atoms with Crippen LogP contribution in [0, 0.1) is 31.6 Å². The van der Waals surface area contributed by atoms with E-state index in [1.165, 1.54) is 43.1 Å². The van der Waals surface area contributed by atoms with Crippen LogP contribution in [0.25, 0.3) is 0 Å². The summed E-state index contributed by atoms with van der Waals surface area (Å²) in [7, 11) is 7.92. The summed E-state index contributed by atoms with van der Waals surface area (Å²) in [4.78, 5) is 74.7. The number of Topliss-reactive ketones (excluding diaryl/α,β-unsaturated/α-hetero) is 1. The second-order valence-corrected chi connectivity index (χ2v) is 15.9. The van der Waals surface area contributed by atoms with E-state index in [2.05, 4.69) is 0 Å². The molecule has 3 rings (SSSR count). The summed E-state index contributed by atoms with van der Waals surface area (Å²) in [5.41, 5.74) is 4.63. The molecule has 0 heterocycles. The van der Waals surface area contributed by atoms with Crippen molar-refractivity contribution in [3.63, 3.8) is 0 Å². The lowest BCUT2D eigenvalue weighted by Crippen LogP contribution is -2.55. The molecule has 1 N–H and O–H groups in total. The van der Waals surface area contributed by atoms with Gasteiger partial charge >= 0.3 is 11.9 Å². The lowest BCUT2D eigenvalue weighted by atomic mass is 9.85. The van der Waals surface area contributed by atoms with Crippen molar-refractivity contribution in [2.45, 2.75) is 97.9 Å². The first-order chi connectivity index (χ1) is 26.9. The number of amides is 2. The summed E-state index contributed by atoms with van der Waals surface area (Å²) >= 11 is 0. The molecule has 3 aromatic carbocycles. The van der Waals surface area contributed by atoms with Gasteiger partial charge in [-0.05, 0) is 75.5 Å². The molecule has 0 saturated heterocycles. The number of likely N-dealkylation sites (N-methyl/N-ethyl adjacent to an activating group) is 3. The molecule has 6 atom stereocenters. The Morgan fingerprint density at radius 1 is 0.632 bits per heavy atom. The van der Waals surface area contributed by atoms with Crippen molar-refractivity contribution in [1.29, 1.82) is 0 Å². The van der Waals surface area contributed by atoms with Gasteiger partial charge in [0, 0.05) is 45.2 Å². The van der Waals surface area contributed by atoms with Crippen LogP contribution >= 0.6 is 0 Å². The van der Waals surface area contributed by atoms with Gasteiger partial charge in [-0.3, -0.25) is 24.1 Å². The van der Waals surface area contributed by atoms with Crippen LogP contribution in [-0.4, -0.2) is 109 Å². The number of aryl methyl sites for hydroxylation is 2. The van der Waals surface area contributed by atoms with Gasteiger partial charge in [0.25, 0.3) is 0 Å². The Hall–Kier alpha value is -5.03. The van der Waals surface area contributed by atoms with E-state index in [1.54, 1.807) is 31.1 Å². The van der Waals surface area contributed by atoms with Gasteiger partial charge in [0.1, 0.15) is 23.9 Å². The monoisotopic (exact) mass is 785 g/mol. The molecule has 0 fully saturated rings. The minimum atomic E-state index is -1.08. The van der Waals surface area contributed by atoms with Gasteiger partial charge in [0.05, 0.1) is 7.11 Å². The summed E-state index contributed by atoms with van der Waals surface area (Å²) in [6.07, 6.45) is -0.0562. The molecular weight excluding hydrogens is 723 g/mol. The number of nitrogens with zero attached hydrogens (tertiary/aromatic N) is 3. The molecule has 0 aliphatic heterocycles. The highest BCUT2D eigenvalue weighted by molar-refractivity contribution is 5.94. The normalized spacial score (nSPS) is 14.5. The van der Waals surface area contributed by atoms with Gasteiger partial charge in [0.2, 0.25) is 11.8 Å². The largest absolute Gasteiger partial charge is 0.508 e. The van der Waals surface area contributed by atoms with Gasteiger partial charge in [-0.25, -0.2) is 4.79 Å². The Balaban J connectivity index is 1.93. The summed E-state index contributed by atoms with van der Waals surface area (Å²) < 4.78 is 11.2. The first-order valence-corrected chi connectivity index (χ1v) is 19.8. The predicted octanol–water partition coefficient (Wildman–Crippen LogP) is 5.98. The van der Waals surface area contributed by atoms with E-state index in [0.29, 0.717) is 18.4 Å². The first kappa shape index (κ1) is 46.4. The van der Waals surface area contributed by atoms with Gasteiger partial charge < -0.3 is 24.4 Å². The maximum atomic E-state index is 14.6. The average molecular weight is 786 g/mol. The average Bonchev–Trinajstić information content (AvgIpc) is 3.19. The third kappa shape index (κ3) is 13.0. The van der Waals surface area contributed by atoms with Gasteiger partial charge in [-0.1, -0.05) is 99.5 Å². The lowest BCUT2D eigenvalue weighted by Gasteiger charge is -2.36. The molecule has 0 unspecified atom stereocenters. The topological polar surface area (TPSA) is 134 Å². The molecular formula is C46H63N3O8. The number of ether oxygens (including phenoxy) is 2. The number of hydrogen-bond acceptors (Lipinski definition) is 9. The van der Waals surface area contributed by atoms with Crippen molar-refractivity contribution >= 4 is 29.5 Å². The van der Waals surface area contributed by atoms with E-state index in [9.17, 15) is 29.1 Å². The van der Waals surface area contributed by atoms with Crippen molar-refractivity contribution in [3.8, 4) is 5.75 Å². The van der Waals surface area contributed by atoms with Crippen molar-refractivity contribution in [3.05, 3.63) is 101 Å². The molecule has 11 heteroatoms. The Labute approximate surface area is 339 Å². The molecule has 57 heavy (non-hydrogen) atoms. The molecule has 11 nitrogen and oxygen atoms in total. The van der Waals surface area contributed by atoms with E-state index in [-0.39, 0.29) is 42.6 Å². The third-order valence-electron chi connectivity index (χ3n) is 11.0. The second kappa shape index (κ2) is 21.5. The molecule has 0 spiro atoms. The Morgan fingerprint density at radius 3 is 1.51 bits per heavy atom. The highest BCUT2D eigenvalue weighted by atomic mass is 16.5. The van der Waals surface area contributed by atoms with E-state index >= 15 is 0 Å². The molecule has 0 radical (unpaired) electrons. The van der Waals surface area contributed by atoms with Crippen LogP contribution in [-0.2, 0) is 52.7 Å². The number of methoxy groups -OCH3 is 1. The number of benzene rings is 3. The summed E-state index contributed by atoms with van der Waals surface area (Å²) in [6, 6.07) is 19.2. The van der Waals surface area contributed by atoms with Crippen LogP contribution in [0.4, 0.5) is 0 Å². The number of hydrogen-bond donors (Lipinski definition) is 1. The Kier molecular flexibility index (Phi) is 17.5. The minimum absolute atomic E-state index is 0.0500. The first-order valence-electron chi connectivity index (χ1n) is 19.8. The van der Waals surface area contributed by atoms with Crippen molar-refractivity contribution in [1.82, 2.24) is 14.7 Å². The molecule has 0 aromatic heterocycles. The van der Waals surface area contributed by atoms with E-state index in [4.69, 9.17) is 9.47 Å².